The molecule has 0 radical (unpaired) electrons. The summed E-state index contributed by atoms with van der Waals surface area (Å²) in [5, 5.41) is 13.8. The molecule has 142 valence electrons. The number of unbranched alkanes of at least 4 members (excludes halogenated alkanes) is 1. The molecule has 0 saturated heterocycles. The Bertz CT molecular complexity index is 926. The molecule has 0 spiro atoms. The van der Waals surface area contributed by atoms with Gasteiger partial charge in [0.2, 0.25) is 0 Å². The van der Waals surface area contributed by atoms with E-state index in [0.717, 1.165) is 19.4 Å². The van der Waals surface area contributed by atoms with Gasteiger partial charge in [0, 0.05) is 12.2 Å². The van der Waals surface area contributed by atoms with Gasteiger partial charge in [0.15, 0.2) is 11.6 Å². The first-order chi connectivity index (χ1) is 12.8. The predicted molar refractivity (Wildman–Crippen MR) is 108 cm³/mol. The zero-order valence-corrected chi connectivity index (χ0v) is 16.6. The summed E-state index contributed by atoms with van der Waals surface area (Å²) in [5.41, 5.74) is 0.745. The van der Waals surface area contributed by atoms with Crippen LogP contribution in [-0.4, -0.2) is 48.8 Å². The third-order valence-corrected chi connectivity index (χ3v) is 5.17. The Labute approximate surface area is 167 Å². The average Bonchev–Trinajstić information content (AvgIpc) is 2.61. The van der Waals surface area contributed by atoms with Gasteiger partial charge in [-0.15, -0.1) is 0 Å². The molecule has 2 aromatic rings. The maximum atomic E-state index is 13.1. The number of phenols is 1. The Kier molecular flexibility index (Phi) is 5.75. The summed E-state index contributed by atoms with van der Waals surface area (Å²) in [6, 6.07) is 5.99. The molecule has 1 aliphatic rings. The first-order valence-corrected chi connectivity index (χ1v) is 9.40. The van der Waals surface area contributed by atoms with Crippen molar-refractivity contribution in [2.24, 2.45) is 0 Å². The summed E-state index contributed by atoms with van der Waals surface area (Å²) in [4.78, 5) is 28.2. The van der Waals surface area contributed by atoms with Crippen molar-refractivity contribution in [3.8, 4) is 5.75 Å². The summed E-state index contributed by atoms with van der Waals surface area (Å²) in [6.45, 7) is 1.61. The highest BCUT2D eigenvalue weighted by atomic mass is 35.5. The first-order valence-electron chi connectivity index (χ1n) is 8.65. The van der Waals surface area contributed by atoms with Crippen LogP contribution in [0.3, 0.4) is 0 Å². The van der Waals surface area contributed by atoms with Crippen molar-refractivity contribution in [2.45, 2.75) is 12.8 Å². The lowest BCUT2D eigenvalue weighted by Gasteiger charge is -2.23. The molecule has 2 aromatic carbocycles. The lowest BCUT2D eigenvalue weighted by molar-refractivity contribution is 0.0977. The van der Waals surface area contributed by atoms with Gasteiger partial charge < -0.3 is 15.3 Å². The molecule has 0 aliphatic heterocycles. The summed E-state index contributed by atoms with van der Waals surface area (Å²) >= 11 is 12.3. The van der Waals surface area contributed by atoms with Crippen molar-refractivity contribution < 1.29 is 14.7 Å². The normalized spacial score (nSPS) is 12.9. The van der Waals surface area contributed by atoms with E-state index in [2.05, 4.69) is 10.2 Å². The number of aromatic hydroxyl groups is 1. The molecule has 27 heavy (non-hydrogen) atoms. The van der Waals surface area contributed by atoms with Crippen molar-refractivity contribution >= 4 is 40.5 Å². The molecule has 7 heteroatoms. The van der Waals surface area contributed by atoms with Crippen molar-refractivity contribution in [1.29, 1.82) is 0 Å². The zero-order valence-electron chi connectivity index (χ0n) is 15.1. The van der Waals surface area contributed by atoms with Crippen LogP contribution in [0, 0.1) is 0 Å². The number of hydrogen-bond donors (Lipinski definition) is 2. The Morgan fingerprint density at radius 1 is 0.889 bits per heavy atom. The Morgan fingerprint density at radius 2 is 1.48 bits per heavy atom. The van der Waals surface area contributed by atoms with Crippen molar-refractivity contribution in [2.75, 3.05) is 32.5 Å². The van der Waals surface area contributed by atoms with E-state index in [9.17, 15) is 14.7 Å². The van der Waals surface area contributed by atoms with Crippen molar-refractivity contribution in [3.05, 3.63) is 56.6 Å². The lowest BCUT2D eigenvalue weighted by atomic mass is 9.82. The zero-order chi connectivity index (χ0) is 19.7. The molecule has 0 fully saturated rings. The maximum Gasteiger partial charge on any atom is 0.199 e. The molecule has 0 atom stereocenters. The van der Waals surface area contributed by atoms with E-state index in [1.165, 1.54) is 18.2 Å². The summed E-state index contributed by atoms with van der Waals surface area (Å²) in [7, 11) is 4.03. The molecule has 2 N–H and O–H groups in total. The molecular formula is C20H20Cl2N2O3. The number of phenolic OH excluding ortho intramolecular Hbond substituents is 1. The van der Waals surface area contributed by atoms with Crippen molar-refractivity contribution in [1.82, 2.24) is 4.90 Å². The summed E-state index contributed by atoms with van der Waals surface area (Å²) in [6.07, 6.45) is 1.90. The van der Waals surface area contributed by atoms with E-state index in [1.54, 1.807) is 6.07 Å². The van der Waals surface area contributed by atoms with Gasteiger partial charge >= 0.3 is 0 Å². The molecule has 1 aliphatic carbocycles. The van der Waals surface area contributed by atoms with E-state index in [0.29, 0.717) is 12.2 Å². The second-order valence-corrected chi connectivity index (χ2v) is 7.57. The van der Waals surface area contributed by atoms with E-state index in [4.69, 9.17) is 23.2 Å². The predicted octanol–water partition coefficient (Wildman–Crippen LogP) is 4.23. The molecule has 0 unspecified atom stereocenters. The minimum Gasteiger partial charge on any atom is -0.507 e. The molecular weight excluding hydrogens is 387 g/mol. The number of hydrogen-bond acceptors (Lipinski definition) is 5. The Hall–Kier alpha value is -2.08. The monoisotopic (exact) mass is 406 g/mol. The second-order valence-electron chi connectivity index (χ2n) is 6.76. The highest BCUT2D eigenvalue weighted by molar-refractivity contribution is 6.44. The van der Waals surface area contributed by atoms with Crippen LogP contribution in [0.15, 0.2) is 24.3 Å². The quantitative estimate of drug-likeness (QED) is 0.473. The van der Waals surface area contributed by atoms with Crippen LogP contribution in [-0.2, 0) is 0 Å². The third kappa shape index (κ3) is 3.68. The first kappa shape index (κ1) is 19.7. The van der Waals surface area contributed by atoms with Gasteiger partial charge in [-0.1, -0.05) is 23.2 Å². The van der Waals surface area contributed by atoms with E-state index >= 15 is 0 Å². The van der Waals surface area contributed by atoms with Gasteiger partial charge in [-0.3, -0.25) is 9.59 Å². The minimum atomic E-state index is -0.499. The topological polar surface area (TPSA) is 69.6 Å². The SMILES string of the molecule is CN(C)CCCCNc1ccc(O)c2c1C(=O)c1c(Cl)ccc(Cl)c1C2=O. The van der Waals surface area contributed by atoms with Gasteiger partial charge in [0.1, 0.15) is 5.75 Å². The fourth-order valence-corrected chi connectivity index (χ4v) is 3.71. The number of rotatable bonds is 6. The molecule has 0 heterocycles. The lowest BCUT2D eigenvalue weighted by Crippen LogP contribution is -2.24. The largest absolute Gasteiger partial charge is 0.507 e. The fourth-order valence-electron chi connectivity index (χ4n) is 3.23. The molecule has 0 saturated carbocycles. The number of carbonyl (C=O) groups excluding carboxylic acids is 2. The number of anilines is 1. The number of carbonyl (C=O) groups is 2. The third-order valence-electron chi connectivity index (χ3n) is 4.54. The molecule has 5 nitrogen and oxygen atoms in total. The van der Waals surface area contributed by atoms with Crippen LogP contribution < -0.4 is 5.32 Å². The number of benzene rings is 2. The number of nitrogens with one attached hydrogen (secondary N) is 1. The number of fused-ring (bicyclic) bond motifs is 2. The highest BCUT2D eigenvalue weighted by Crippen LogP contribution is 2.41. The molecule has 3 rings (SSSR count). The number of halogens is 2. The molecule has 0 bridgehead atoms. The summed E-state index contributed by atoms with van der Waals surface area (Å²) in [5.74, 6) is -1.16. The smallest absolute Gasteiger partial charge is 0.199 e. The minimum absolute atomic E-state index is 0.0324. The van der Waals surface area contributed by atoms with Gasteiger partial charge in [-0.25, -0.2) is 0 Å². The van der Waals surface area contributed by atoms with Gasteiger partial charge in [-0.2, -0.15) is 0 Å². The van der Waals surface area contributed by atoms with Gasteiger partial charge in [0.25, 0.3) is 0 Å². The maximum absolute atomic E-state index is 13.1. The number of ketones is 2. The van der Waals surface area contributed by atoms with Gasteiger partial charge in [0.05, 0.1) is 32.3 Å². The highest BCUT2D eigenvalue weighted by Gasteiger charge is 2.37. The van der Waals surface area contributed by atoms with Crippen LogP contribution >= 0.6 is 23.2 Å². The standard InChI is InChI=1S/C20H20Cl2N2O3/c1-24(2)10-4-3-9-23-13-7-8-14(25)18-17(13)19(26)15-11(21)5-6-12(22)16(15)20(18)27/h5-8,23,25H,3-4,9-10H2,1-2H3. The second kappa shape index (κ2) is 7.89. The molecule has 0 aromatic heterocycles. The van der Waals surface area contributed by atoms with Crippen LogP contribution in [0.1, 0.15) is 44.7 Å². The molecule has 0 amide bonds. The van der Waals surface area contributed by atoms with Crippen LogP contribution in [0.4, 0.5) is 5.69 Å². The number of nitrogens with zero attached hydrogens (tertiary/aromatic N) is 1. The van der Waals surface area contributed by atoms with Crippen LogP contribution in [0.2, 0.25) is 10.0 Å². The van der Waals surface area contributed by atoms with Gasteiger partial charge in [-0.05, 0) is 57.7 Å². The van der Waals surface area contributed by atoms with Crippen molar-refractivity contribution in [3.63, 3.8) is 0 Å². The van der Waals surface area contributed by atoms with E-state index in [1.807, 2.05) is 14.1 Å². The van der Waals surface area contributed by atoms with E-state index < -0.39 is 11.6 Å². The van der Waals surface area contributed by atoms with E-state index in [-0.39, 0.29) is 38.0 Å². The summed E-state index contributed by atoms with van der Waals surface area (Å²) < 4.78 is 0. The average molecular weight is 407 g/mol. The van der Waals surface area contributed by atoms with Crippen LogP contribution in [0.25, 0.3) is 0 Å². The Balaban J connectivity index is 1.97. The fraction of sp³-hybridized carbons (Fsp3) is 0.300. The Morgan fingerprint density at radius 3 is 2.07 bits per heavy atom. The van der Waals surface area contributed by atoms with Crippen LogP contribution in [0.5, 0.6) is 5.75 Å².